The van der Waals surface area contributed by atoms with Gasteiger partial charge in [0.15, 0.2) is 0 Å². The molecule has 0 saturated carbocycles. The molecule has 0 heterocycles. The summed E-state index contributed by atoms with van der Waals surface area (Å²) in [6.45, 7) is 3.56. The summed E-state index contributed by atoms with van der Waals surface area (Å²) in [5.41, 5.74) is -0.224. The summed E-state index contributed by atoms with van der Waals surface area (Å²) >= 11 is 0. The molecule has 0 aliphatic heterocycles. The van der Waals surface area contributed by atoms with Gasteiger partial charge < -0.3 is 10.4 Å². The Morgan fingerprint density at radius 1 is 1.50 bits per heavy atom. The molecule has 2 N–H and O–H groups in total. The smallest absolute Gasteiger partial charge is 0.273 e. The first-order valence-corrected chi connectivity index (χ1v) is 4.70. The van der Waals surface area contributed by atoms with Crippen LogP contribution in [0.15, 0.2) is 18.2 Å². The quantitative estimate of drug-likeness (QED) is 0.600. The molecule has 0 spiro atoms. The van der Waals surface area contributed by atoms with Gasteiger partial charge in [-0.2, -0.15) is 0 Å². The van der Waals surface area contributed by atoms with Crippen molar-refractivity contribution in [1.29, 1.82) is 0 Å². The average Bonchev–Trinajstić information content (AvgIpc) is 2.15. The van der Waals surface area contributed by atoms with Gasteiger partial charge in [0.05, 0.1) is 16.6 Å². The Balaban J connectivity index is 2.99. The number of carbonyl (C=O) groups excluding carboxylic acids is 1. The van der Waals surface area contributed by atoms with Crippen LogP contribution in [0.2, 0.25) is 0 Å². The van der Waals surface area contributed by atoms with Crippen LogP contribution in [0.5, 0.6) is 5.75 Å². The summed E-state index contributed by atoms with van der Waals surface area (Å²) in [5, 5.41) is 22.4. The molecule has 0 radical (unpaired) electrons. The highest BCUT2D eigenvalue weighted by molar-refractivity contribution is 5.97. The van der Waals surface area contributed by atoms with E-state index in [1.165, 1.54) is 12.1 Å². The molecule has 0 fully saturated rings. The standard InChI is InChI=1S/C10H12N2O4/c1-6(2)11-10(14)8-4-3-7(12(15)16)5-9(8)13/h3-6,13H,1-2H3,(H,11,14). The Hall–Kier alpha value is -2.11. The fourth-order valence-corrected chi connectivity index (χ4v) is 1.17. The summed E-state index contributed by atoms with van der Waals surface area (Å²) in [4.78, 5) is 21.3. The highest BCUT2D eigenvalue weighted by atomic mass is 16.6. The zero-order chi connectivity index (χ0) is 12.3. The van der Waals surface area contributed by atoms with Crippen molar-refractivity contribution in [2.24, 2.45) is 0 Å². The number of amides is 1. The minimum atomic E-state index is -0.635. The number of nitrogens with zero attached hydrogens (tertiary/aromatic N) is 1. The summed E-state index contributed by atoms with van der Waals surface area (Å²) < 4.78 is 0. The van der Waals surface area contributed by atoms with Gasteiger partial charge in [0.25, 0.3) is 11.6 Å². The van der Waals surface area contributed by atoms with E-state index in [0.29, 0.717) is 0 Å². The van der Waals surface area contributed by atoms with Crippen molar-refractivity contribution in [1.82, 2.24) is 5.32 Å². The van der Waals surface area contributed by atoms with Crippen molar-refractivity contribution in [3.63, 3.8) is 0 Å². The van der Waals surface area contributed by atoms with Crippen molar-refractivity contribution in [3.8, 4) is 5.75 Å². The van der Waals surface area contributed by atoms with Crippen molar-refractivity contribution < 1.29 is 14.8 Å². The van der Waals surface area contributed by atoms with Gasteiger partial charge in [-0.05, 0) is 19.9 Å². The van der Waals surface area contributed by atoms with Gasteiger partial charge in [-0.1, -0.05) is 0 Å². The number of non-ortho nitro benzene ring substituents is 1. The molecule has 1 aromatic carbocycles. The van der Waals surface area contributed by atoms with Gasteiger partial charge in [-0.15, -0.1) is 0 Å². The first-order chi connectivity index (χ1) is 7.41. The number of hydrogen-bond acceptors (Lipinski definition) is 4. The molecule has 1 amide bonds. The maximum Gasteiger partial charge on any atom is 0.273 e. The number of benzene rings is 1. The Kier molecular flexibility index (Phi) is 3.44. The van der Waals surface area contributed by atoms with E-state index in [-0.39, 0.29) is 17.3 Å². The zero-order valence-corrected chi connectivity index (χ0v) is 8.93. The predicted octanol–water partition coefficient (Wildman–Crippen LogP) is 1.44. The molecule has 0 aromatic heterocycles. The van der Waals surface area contributed by atoms with Gasteiger partial charge in [0, 0.05) is 12.1 Å². The van der Waals surface area contributed by atoms with E-state index in [9.17, 15) is 20.0 Å². The third-order valence-corrected chi connectivity index (χ3v) is 1.86. The zero-order valence-electron chi connectivity index (χ0n) is 8.93. The van der Waals surface area contributed by atoms with E-state index in [1.807, 2.05) is 0 Å². The molecule has 0 aliphatic rings. The van der Waals surface area contributed by atoms with Crippen LogP contribution in [0.3, 0.4) is 0 Å². The Morgan fingerprint density at radius 2 is 2.12 bits per heavy atom. The number of phenols is 1. The van der Waals surface area contributed by atoms with Crippen LogP contribution in [-0.4, -0.2) is 22.0 Å². The van der Waals surface area contributed by atoms with Crippen LogP contribution in [0.25, 0.3) is 0 Å². The van der Waals surface area contributed by atoms with E-state index in [2.05, 4.69) is 5.32 Å². The number of nitro groups is 1. The highest BCUT2D eigenvalue weighted by Crippen LogP contribution is 2.23. The predicted molar refractivity (Wildman–Crippen MR) is 57.4 cm³/mol. The van der Waals surface area contributed by atoms with Crippen molar-refractivity contribution in [2.45, 2.75) is 19.9 Å². The second-order valence-electron chi connectivity index (χ2n) is 3.59. The van der Waals surface area contributed by atoms with Crippen LogP contribution in [0.1, 0.15) is 24.2 Å². The largest absolute Gasteiger partial charge is 0.507 e. The maximum absolute atomic E-state index is 11.5. The minimum Gasteiger partial charge on any atom is -0.507 e. The lowest BCUT2D eigenvalue weighted by atomic mass is 10.1. The van der Waals surface area contributed by atoms with Crippen LogP contribution in [0, 0.1) is 10.1 Å². The molecule has 1 rings (SSSR count). The third-order valence-electron chi connectivity index (χ3n) is 1.86. The number of hydrogen-bond donors (Lipinski definition) is 2. The molecule has 6 nitrogen and oxygen atoms in total. The molecule has 1 aromatic rings. The van der Waals surface area contributed by atoms with Gasteiger partial charge in [-0.3, -0.25) is 14.9 Å². The Bertz CT molecular complexity index is 429. The van der Waals surface area contributed by atoms with Crippen LogP contribution >= 0.6 is 0 Å². The Labute approximate surface area is 92.0 Å². The highest BCUT2D eigenvalue weighted by Gasteiger charge is 2.15. The molecule has 16 heavy (non-hydrogen) atoms. The normalized spacial score (nSPS) is 10.2. The number of nitro benzene ring substituents is 1. The van der Waals surface area contributed by atoms with Gasteiger partial charge in [0.1, 0.15) is 5.75 Å². The molecule has 0 saturated heterocycles. The summed E-state index contributed by atoms with van der Waals surface area (Å²) in [5.74, 6) is -0.852. The van der Waals surface area contributed by atoms with Gasteiger partial charge in [-0.25, -0.2) is 0 Å². The lowest BCUT2D eigenvalue weighted by Crippen LogP contribution is -2.30. The monoisotopic (exact) mass is 224 g/mol. The molecule has 86 valence electrons. The van der Waals surface area contributed by atoms with E-state index >= 15 is 0 Å². The lowest BCUT2D eigenvalue weighted by Gasteiger charge is -2.09. The average molecular weight is 224 g/mol. The molecular weight excluding hydrogens is 212 g/mol. The number of rotatable bonds is 3. The number of aromatic hydroxyl groups is 1. The fourth-order valence-electron chi connectivity index (χ4n) is 1.17. The summed E-state index contributed by atoms with van der Waals surface area (Å²) in [6.07, 6.45) is 0. The Morgan fingerprint density at radius 3 is 2.56 bits per heavy atom. The van der Waals surface area contributed by atoms with Gasteiger partial charge in [0.2, 0.25) is 0 Å². The van der Waals surface area contributed by atoms with Crippen molar-refractivity contribution in [2.75, 3.05) is 0 Å². The number of carbonyl (C=O) groups is 1. The second-order valence-corrected chi connectivity index (χ2v) is 3.59. The van der Waals surface area contributed by atoms with E-state index in [1.54, 1.807) is 13.8 Å². The second kappa shape index (κ2) is 4.61. The topological polar surface area (TPSA) is 92.5 Å². The first kappa shape index (κ1) is 12.0. The molecular formula is C10H12N2O4. The summed E-state index contributed by atoms with van der Waals surface area (Å²) in [7, 11) is 0. The fraction of sp³-hybridized carbons (Fsp3) is 0.300. The lowest BCUT2D eigenvalue weighted by molar-refractivity contribution is -0.384. The van der Waals surface area contributed by atoms with E-state index in [4.69, 9.17) is 0 Å². The number of nitrogens with one attached hydrogen (secondary N) is 1. The minimum absolute atomic E-state index is 0.0271. The van der Waals surface area contributed by atoms with Crippen LogP contribution in [0.4, 0.5) is 5.69 Å². The van der Waals surface area contributed by atoms with Crippen LogP contribution < -0.4 is 5.32 Å². The third kappa shape index (κ3) is 2.69. The first-order valence-electron chi connectivity index (χ1n) is 4.70. The van der Waals surface area contributed by atoms with E-state index < -0.39 is 16.6 Å². The van der Waals surface area contributed by atoms with E-state index in [0.717, 1.165) is 6.07 Å². The van der Waals surface area contributed by atoms with Crippen LogP contribution in [-0.2, 0) is 0 Å². The molecule has 0 atom stereocenters. The molecule has 0 bridgehead atoms. The number of phenolic OH excluding ortho intramolecular Hbond substituents is 1. The molecule has 6 heteroatoms. The molecule has 0 aliphatic carbocycles. The summed E-state index contributed by atoms with van der Waals surface area (Å²) in [6, 6.07) is 3.29. The SMILES string of the molecule is CC(C)NC(=O)c1ccc([N+](=O)[O-])cc1O. The van der Waals surface area contributed by atoms with Crippen molar-refractivity contribution >= 4 is 11.6 Å². The molecule has 0 unspecified atom stereocenters. The van der Waals surface area contributed by atoms with Gasteiger partial charge >= 0.3 is 0 Å². The maximum atomic E-state index is 11.5. The van der Waals surface area contributed by atoms with Crippen molar-refractivity contribution in [3.05, 3.63) is 33.9 Å².